The molecule has 1 aromatic heterocycles. The molecule has 39 heavy (non-hydrogen) atoms. The van der Waals surface area contributed by atoms with Crippen LogP contribution in [0.1, 0.15) is 60.3 Å². The van der Waals surface area contributed by atoms with Crippen LogP contribution in [0.25, 0.3) is 10.9 Å². The van der Waals surface area contributed by atoms with Crippen LogP contribution < -0.4 is 10.1 Å². The van der Waals surface area contributed by atoms with Gasteiger partial charge in [0.25, 0.3) is 5.91 Å². The SMILES string of the molecule is CC(C)(O)c1ccc2cc(CN3CCC(Oc4ccc5c(c4)CN(C4CCC(=O)NC4=O)C5=O)C3)ccc2n1. The highest BCUT2D eigenvalue weighted by atomic mass is 16.5. The zero-order valence-corrected chi connectivity index (χ0v) is 22.1. The Hall–Kier alpha value is -3.82. The van der Waals surface area contributed by atoms with E-state index in [1.165, 1.54) is 5.56 Å². The second-order valence-electron chi connectivity index (χ2n) is 11.3. The van der Waals surface area contributed by atoms with Crippen LogP contribution >= 0.6 is 0 Å². The van der Waals surface area contributed by atoms with Gasteiger partial charge in [-0.05, 0) is 74.2 Å². The van der Waals surface area contributed by atoms with Crippen LogP contribution in [0, 0.1) is 0 Å². The summed E-state index contributed by atoms with van der Waals surface area (Å²) in [6.07, 6.45) is 1.54. The molecule has 3 amide bonds. The van der Waals surface area contributed by atoms with E-state index >= 15 is 0 Å². The van der Waals surface area contributed by atoms with Crippen LogP contribution in [-0.2, 0) is 28.3 Å². The molecule has 202 valence electrons. The standard InChI is InChI=1S/C30H32N4O5/c1-30(2,38)26-9-4-19-13-18(3-7-24(19)31-26)15-33-12-11-22(17-33)39-21-5-6-23-20(14-21)16-34(29(23)37)25-8-10-27(35)32-28(25)36/h3-7,9,13-14,22,25,38H,8,10-12,15-17H2,1-2H3,(H,32,35,36). The molecule has 3 aliphatic rings. The number of carbonyl (C=O) groups is 3. The van der Waals surface area contributed by atoms with E-state index in [0.717, 1.165) is 48.3 Å². The number of amides is 3. The van der Waals surface area contributed by atoms with E-state index in [1.807, 2.05) is 30.3 Å². The fourth-order valence-corrected chi connectivity index (χ4v) is 5.73. The lowest BCUT2D eigenvalue weighted by atomic mass is 10.0. The second-order valence-corrected chi connectivity index (χ2v) is 11.3. The molecule has 6 rings (SSSR count). The lowest BCUT2D eigenvalue weighted by Crippen LogP contribution is -2.52. The smallest absolute Gasteiger partial charge is 0.255 e. The van der Waals surface area contributed by atoms with Crippen molar-refractivity contribution in [3.63, 3.8) is 0 Å². The van der Waals surface area contributed by atoms with Crippen molar-refractivity contribution in [1.82, 2.24) is 20.1 Å². The number of aromatic nitrogens is 1. The highest BCUT2D eigenvalue weighted by molar-refractivity contribution is 6.05. The first-order valence-electron chi connectivity index (χ1n) is 13.4. The Morgan fingerprint density at radius 1 is 1.08 bits per heavy atom. The molecule has 2 saturated heterocycles. The van der Waals surface area contributed by atoms with Crippen LogP contribution in [0.2, 0.25) is 0 Å². The van der Waals surface area contributed by atoms with Gasteiger partial charge in [-0.3, -0.25) is 24.6 Å². The third-order valence-electron chi connectivity index (χ3n) is 7.81. The molecule has 2 unspecified atom stereocenters. The minimum absolute atomic E-state index is 0.0443. The summed E-state index contributed by atoms with van der Waals surface area (Å²) >= 11 is 0. The largest absolute Gasteiger partial charge is 0.489 e. The molecule has 0 bridgehead atoms. The molecule has 9 nitrogen and oxygen atoms in total. The molecule has 0 spiro atoms. The van der Waals surface area contributed by atoms with E-state index in [4.69, 9.17) is 4.74 Å². The van der Waals surface area contributed by atoms with E-state index in [2.05, 4.69) is 27.3 Å². The van der Waals surface area contributed by atoms with Gasteiger partial charge in [-0.15, -0.1) is 0 Å². The zero-order valence-electron chi connectivity index (χ0n) is 22.1. The summed E-state index contributed by atoms with van der Waals surface area (Å²) in [4.78, 5) is 45.3. The number of pyridine rings is 1. The minimum atomic E-state index is -0.973. The number of fused-ring (bicyclic) bond motifs is 2. The Morgan fingerprint density at radius 3 is 2.72 bits per heavy atom. The molecule has 3 aromatic rings. The lowest BCUT2D eigenvalue weighted by molar-refractivity contribution is -0.136. The molecule has 9 heteroatoms. The van der Waals surface area contributed by atoms with Crippen LogP contribution in [0.4, 0.5) is 0 Å². The average molecular weight is 529 g/mol. The first-order chi connectivity index (χ1) is 18.6. The monoisotopic (exact) mass is 528 g/mol. The van der Waals surface area contributed by atoms with Gasteiger partial charge < -0.3 is 14.7 Å². The Balaban J connectivity index is 1.07. The third kappa shape index (κ3) is 5.12. The highest BCUT2D eigenvalue weighted by Crippen LogP contribution is 2.31. The van der Waals surface area contributed by atoms with E-state index in [1.54, 1.807) is 24.8 Å². The topological polar surface area (TPSA) is 112 Å². The van der Waals surface area contributed by atoms with Gasteiger partial charge in [0.05, 0.1) is 11.2 Å². The van der Waals surface area contributed by atoms with Crippen molar-refractivity contribution in [2.24, 2.45) is 0 Å². The molecule has 2 atom stereocenters. The van der Waals surface area contributed by atoms with E-state index in [-0.39, 0.29) is 24.3 Å². The Morgan fingerprint density at radius 2 is 1.92 bits per heavy atom. The van der Waals surface area contributed by atoms with Crippen LogP contribution in [0.15, 0.2) is 48.5 Å². The number of aliphatic hydroxyl groups is 1. The van der Waals surface area contributed by atoms with E-state index in [9.17, 15) is 19.5 Å². The summed E-state index contributed by atoms with van der Waals surface area (Å²) < 4.78 is 6.31. The quantitative estimate of drug-likeness (QED) is 0.473. The van der Waals surface area contributed by atoms with E-state index < -0.39 is 17.6 Å². The zero-order chi connectivity index (χ0) is 27.3. The Labute approximate surface area is 226 Å². The van der Waals surface area contributed by atoms with Crippen molar-refractivity contribution in [1.29, 1.82) is 0 Å². The summed E-state index contributed by atoms with van der Waals surface area (Å²) in [5, 5.41) is 13.6. The lowest BCUT2D eigenvalue weighted by Gasteiger charge is -2.29. The van der Waals surface area contributed by atoms with Gasteiger partial charge in [-0.1, -0.05) is 12.1 Å². The number of likely N-dealkylation sites (tertiary alicyclic amines) is 1. The van der Waals surface area contributed by atoms with Gasteiger partial charge in [0.2, 0.25) is 11.8 Å². The van der Waals surface area contributed by atoms with Gasteiger partial charge in [0.15, 0.2) is 0 Å². The number of piperidine rings is 1. The molecule has 2 N–H and O–H groups in total. The number of hydrogen-bond donors (Lipinski definition) is 2. The predicted molar refractivity (Wildman–Crippen MR) is 144 cm³/mol. The van der Waals surface area contributed by atoms with Crippen molar-refractivity contribution in [3.8, 4) is 5.75 Å². The number of imide groups is 1. The summed E-state index contributed by atoms with van der Waals surface area (Å²) in [7, 11) is 0. The number of nitrogens with zero attached hydrogens (tertiary/aromatic N) is 3. The van der Waals surface area contributed by atoms with Crippen molar-refractivity contribution in [2.45, 2.75) is 63.9 Å². The highest BCUT2D eigenvalue weighted by Gasteiger charge is 2.39. The summed E-state index contributed by atoms with van der Waals surface area (Å²) in [6, 6.07) is 15.0. The van der Waals surface area contributed by atoms with Crippen LogP contribution in [0.5, 0.6) is 5.75 Å². The molecule has 0 radical (unpaired) electrons. The number of rotatable bonds is 6. The van der Waals surface area contributed by atoms with Gasteiger partial charge >= 0.3 is 0 Å². The number of benzene rings is 2. The molecule has 2 fully saturated rings. The van der Waals surface area contributed by atoms with Gasteiger partial charge in [0.1, 0.15) is 23.5 Å². The Kier molecular flexibility index (Phi) is 6.35. The van der Waals surface area contributed by atoms with Crippen molar-refractivity contribution >= 4 is 28.6 Å². The number of hydrogen-bond acceptors (Lipinski definition) is 7. The Bertz CT molecular complexity index is 1480. The minimum Gasteiger partial charge on any atom is -0.489 e. The normalized spacial score (nSPS) is 21.9. The molecule has 3 aliphatic heterocycles. The molecule has 2 aromatic carbocycles. The number of nitrogens with one attached hydrogen (secondary N) is 1. The maximum atomic E-state index is 12.9. The fourth-order valence-electron chi connectivity index (χ4n) is 5.73. The van der Waals surface area contributed by atoms with Crippen molar-refractivity contribution in [2.75, 3.05) is 13.1 Å². The molecular formula is C30H32N4O5. The number of carbonyl (C=O) groups excluding carboxylic acids is 3. The maximum absolute atomic E-state index is 12.9. The van der Waals surface area contributed by atoms with E-state index in [0.29, 0.717) is 24.2 Å². The first-order valence-corrected chi connectivity index (χ1v) is 13.4. The molecular weight excluding hydrogens is 496 g/mol. The summed E-state index contributed by atoms with van der Waals surface area (Å²) in [5.74, 6) is -0.158. The van der Waals surface area contributed by atoms with Crippen molar-refractivity contribution in [3.05, 3.63) is 70.9 Å². The maximum Gasteiger partial charge on any atom is 0.255 e. The van der Waals surface area contributed by atoms with Crippen LogP contribution in [0.3, 0.4) is 0 Å². The summed E-state index contributed by atoms with van der Waals surface area (Å²) in [6.45, 7) is 6.34. The number of ether oxygens (including phenoxy) is 1. The molecule has 4 heterocycles. The predicted octanol–water partition coefficient (Wildman–Crippen LogP) is 2.88. The van der Waals surface area contributed by atoms with Gasteiger partial charge in [-0.25, -0.2) is 4.98 Å². The van der Waals surface area contributed by atoms with Gasteiger partial charge in [-0.2, -0.15) is 0 Å². The van der Waals surface area contributed by atoms with Crippen molar-refractivity contribution < 1.29 is 24.2 Å². The first kappa shape index (κ1) is 25.5. The molecule has 0 aliphatic carbocycles. The molecule has 0 saturated carbocycles. The fraction of sp³-hybridized carbons (Fsp3) is 0.400. The summed E-state index contributed by atoms with van der Waals surface area (Å²) in [5.41, 5.74) is 3.17. The van der Waals surface area contributed by atoms with Crippen LogP contribution in [-0.4, -0.2) is 62.8 Å². The average Bonchev–Trinajstić information content (AvgIpc) is 3.46. The van der Waals surface area contributed by atoms with Gasteiger partial charge in [0, 0.05) is 43.5 Å². The third-order valence-corrected chi connectivity index (χ3v) is 7.81. The second kappa shape index (κ2) is 9.73.